The fraction of sp³-hybridized carbons (Fsp3) is 0.333. The molecule has 0 aromatic heterocycles. The smallest absolute Gasteiger partial charge is 0.333 e. The van der Waals surface area contributed by atoms with E-state index in [1.807, 2.05) is 0 Å². The number of esters is 1. The van der Waals surface area contributed by atoms with E-state index in [0.29, 0.717) is 12.1 Å². The summed E-state index contributed by atoms with van der Waals surface area (Å²) >= 11 is 0. The van der Waals surface area contributed by atoms with E-state index in [4.69, 9.17) is 10.5 Å². The van der Waals surface area contributed by atoms with Crippen molar-refractivity contribution in [1.29, 1.82) is 0 Å². The lowest BCUT2D eigenvalue weighted by molar-refractivity contribution is -0.138. The highest BCUT2D eigenvalue weighted by molar-refractivity contribution is 5.90. The molecule has 0 radical (unpaired) electrons. The number of nitrogens with one attached hydrogen (secondary N) is 1. The number of nitrogens with two attached hydrogens (primary N) is 1. The van der Waals surface area contributed by atoms with Gasteiger partial charge in [0.15, 0.2) is 0 Å². The van der Waals surface area contributed by atoms with Crippen LogP contribution in [0.1, 0.15) is 6.92 Å². The van der Waals surface area contributed by atoms with Gasteiger partial charge in [0.2, 0.25) is 0 Å². The Morgan fingerprint density at radius 2 is 2.00 bits per heavy atom. The molecule has 0 aromatic carbocycles. The second-order valence-electron chi connectivity index (χ2n) is 2.69. The van der Waals surface area contributed by atoms with Gasteiger partial charge in [-0.15, -0.1) is 0 Å². The lowest BCUT2D eigenvalue weighted by Crippen LogP contribution is -2.28. The van der Waals surface area contributed by atoms with Crippen LogP contribution >= 0.6 is 0 Å². The normalized spacial score (nSPS) is 8.93. The molecular weight excluding hydrogens is 184 g/mol. The van der Waals surface area contributed by atoms with Crippen LogP contribution in [0.15, 0.2) is 24.4 Å². The molecule has 0 aliphatic carbocycles. The van der Waals surface area contributed by atoms with Gasteiger partial charge in [-0.05, 0) is 6.92 Å². The first-order chi connectivity index (χ1) is 6.45. The molecule has 0 heterocycles. The maximum atomic E-state index is 10.9. The monoisotopic (exact) mass is 198 g/mol. The summed E-state index contributed by atoms with van der Waals surface area (Å²) in [6, 6.07) is 0. The van der Waals surface area contributed by atoms with Gasteiger partial charge in [0.05, 0.1) is 5.70 Å². The van der Waals surface area contributed by atoms with Gasteiger partial charge in [-0.1, -0.05) is 13.2 Å². The highest BCUT2D eigenvalue weighted by Crippen LogP contribution is 1.91. The predicted octanol–water partition coefficient (Wildman–Crippen LogP) is -0.306. The van der Waals surface area contributed by atoms with E-state index in [2.05, 4.69) is 18.5 Å². The van der Waals surface area contributed by atoms with Gasteiger partial charge in [-0.25, -0.2) is 4.79 Å². The van der Waals surface area contributed by atoms with Crippen molar-refractivity contribution in [3.05, 3.63) is 24.4 Å². The zero-order valence-electron chi connectivity index (χ0n) is 8.13. The SMILES string of the molecule is C=C(C)C(=O)OCCNC(=C)C(N)=O. The van der Waals surface area contributed by atoms with E-state index in [1.165, 1.54) is 0 Å². The first kappa shape index (κ1) is 12.2. The number of amides is 1. The third-order valence-corrected chi connectivity index (χ3v) is 1.32. The largest absolute Gasteiger partial charge is 0.460 e. The first-order valence-electron chi connectivity index (χ1n) is 4.00. The molecule has 0 saturated carbocycles. The molecule has 0 atom stereocenters. The van der Waals surface area contributed by atoms with Crippen molar-refractivity contribution < 1.29 is 14.3 Å². The maximum Gasteiger partial charge on any atom is 0.333 e. The van der Waals surface area contributed by atoms with E-state index >= 15 is 0 Å². The minimum atomic E-state index is -0.628. The van der Waals surface area contributed by atoms with E-state index < -0.39 is 11.9 Å². The van der Waals surface area contributed by atoms with Crippen molar-refractivity contribution in [2.24, 2.45) is 5.73 Å². The zero-order chi connectivity index (χ0) is 11.1. The number of carbonyl (C=O) groups is 2. The van der Waals surface area contributed by atoms with Gasteiger partial charge in [0.1, 0.15) is 6.61 Å². The van der Waals surface area contributed by atoms with E-state index in [1.54, 1.807) is 6.92 Å². The van der Waals surface area contributed by atoms with Gasteiger partial charge in [0.25, 0.3) is 5.91 Å². The Kier molecular flexibility index (Phi) is 5.06. The Hall–Kier alpha value is -1.78. The van der Waals surface area contributed by atoms with Crippen LogP contribution in [-0.2, 0) is 14.3 Å². The van der Waals surface area contributed by atoms with Crippen LogP contribution < -0.4 is 11.1 Å². The molecule has 0 spiro atoms. The van der Waals surface area contributed by atoms with E-state index in [-0.39, 0.29) is 12.3 Å². The van der Waals surface area contributed by atoms with Gasteiger partial charge in [-0.2, -0.15) is 0 Å². The minimum absolute atomic E-state index is 0.0939. The fourth-order valence-corrected chi connectivity index (χ4v) is 0.556. The Bertz CT molecular complexity index is 243. The standard InChI is InChI=1S/C9H14N2O3/c1-6(2)9(13)14-5-4-11-7(3)8(10)12/h11H,1,3-5H2,2H3,(H2,10,12). The predicted molar refractivity (Wildman–Crippen MR) is 52.1 cm³/mol. The van der Waals surface area contributed by atoms with Crippen LogP contribution in [0.4, 0.5) is 0 Å². The summed E-state index contributed by atoms with van der Waals surface area (Å²) in [5.74, 6) is -1.09. The van der Waals surface area contributed by atoms with Crippen molar-refractivity contribution in [3.8, 4) is 0 Å². The van der Waals surface area contributed by atoms with Gasteiger partial charge in [-0.3, -0.25) is 4.79 Å². The van der Waals surface area contributed by atoms with Crippen molar-refractivity contribution in [2.75, 3.05) is 13.2 Å². The van der Waals surface area contributed by atoms with Crippen molar-refractivity contribution >= 4 is 11.9 Å². The number of rotatable bonds is 6. The molecule has 0 saturated heterocycles. The third-order valence-electron chi connectivity index (χ3n) is 1.32. The first-order valence-corrected chi connectivity index (χ1v) is 4.00. The molecule has 14 heavy (non-hydrogen) atoms. The molecule has 0 aromatic rings. The van der Waals surface area contributed by atoms with Crippen molar-refractivity contribution in [1.82, 2.24) is 5.32 Å². The molecule has 0 unspecified atom stereocenters. The molecule has 78 valence electrons. The topological polar surface area (TPSA) is 81.4 Å². The van der Waals surface area contributed by atoms with E-state index in [9.17, 15) is 9.59 Å². The van der Waals surface area contributed by atoms with Gasteiger partial charge < -0.3 is 15.8 Å². The van der Waals surface area contributed by atoms with Crippen LogP contribution in [0, 0.1) is 0 Å². The summed E-state index contributed by atoms with van der Waals surface area (Å²) in [6.07, 6.45) is 0. The van der Waals surface area contributed by atoms with Crippen LogP contribution in [0.2, 0.25) is 0 Å². The summed E-state index contributed by atoms with van der Waals surface area (Å²) < 4.78 is 4.74. The van der Waals surface area contributed by atoms with Gasteiger partial charge >= 0.3 is 5.97 Å². The highest BCUT2D eigenvalue weighted by Gasteiger charge is 2.03. The highest BCUT2D eigenvalue weighted by atomic mass is 16.5. The Morgan fingerprint density at radius 3 is 2.43 bits per heavy atom. The van der Waals surface area contributed by atoms with Crippen molar-refractivity contribution in [3.63, 3.8) is 0 Å². The average molecular weight is 198 g/mol. The lowest BCUT2D eigenvalue weighted by atomic mass is 10.4. The lowest BCUT2D eigenvalue weighted by Gasteiger charge is -2.06. The second-order valence-corrected chi connectivity index (χ2v) is 2.69. The summed E-state index contributed by atoms with van der Waals surface area (Å²) in [5.41, 5.74) is 5.33. The molecule has 0 aliphatic rings. The molecule has 3 N–H and O–H groups in total. The molecule has 5 nitrogen and oxygen atoms in total. The zero-order valence-corrected chi connectivity index (χ0v) is 8.13. The van der Waals surface area contributed by atoms with E-state index in [0.717, 1.165) is 0 Å². The second kappa shape index (κ2) is 5.80. The molecule has 5 heteroatoms. The maximum absolute atomic E-state index is 10.9. The molecular formula is C9H14N2O3. The molecule has 0 bridgehead atoms. The minimum Gasteiger partial charge on any atom is -0.460 e. The summed E-state index contributed by atoms with van der Waals surface area (Å²) in [5, 5.41) is 2.60. The van der Waals surface area contributed by atoms with Crippen LogP contribution in [0.5, 0.6) is 0 Å². The van der Waals surface area contributed by atoms with Crippen molar-refractivity contribution in [2.45, 2.75) is 6.92 Å². The Labute approximate surface area is 82.6 Å². The molecule has 1 amide bonds. The summed E-state index contributed by atoms with van der Waals surface area (Å²) in [6.45, 7) is 8.76. The Balaban J connectivity index is 3.57. The fourth-order valence-electron chi connectivity index (χ4n) is 0.556. The Morgan fingerprint density at radius 1 is 1.43 bits per heavy atom. The summed E-state index contributed by atoms with van der Waals surface area (Å²) in [7, 11) is 0. The molecule has 0 aliphatic heterocycles. The summed E-state index contributed by atoms with van der Waals surface area (Å²) in [4.78, 5) is 21.3. The van der Waals surface area contributed by atoms with Gasteiger partial charge in [0, 0.05) is 12.1 Å². The number of hydrogen-bond donors (Lipinski definition) is 2. The molecule has 0 fully saturated rings. The number of carbonyl (C=O) groups excluding carboxylic acids is 2. The number of hydrogen-bond acceptors (Lipinski definition) is 4. The molecule has 0 rings (SSSR count). The number of ether oxygens (including phenoxy) is 1. The third kappa shape index (κ3) is 4.97. The quantitative estimate of drug-likeness (QED) is 0.348. The van der Waals surface area contributed by atoms with Crippen LogP contribution in [0.25, 0.3) is 0 Å². The average Bonchev–Trinajstić information content (AvgIpc) is 2.11. The van der Waals surface area contributed by atoms with Crippen LogP contribution in [-0.4, -0.2) is 25.0 Å². The van der Waals surface area contributed by atoms with Crippen LogP contribution in [0.3, 0.4) is 0 Å². The number of primary amides is 1.